The van der Waals surface area contributed by atoms with E-state index in [2.05, 4.69) is 39.2 Å². The van der Waals surface area contributed by atoms with Crippen LogP contribution in [-0.2, 0) is 26.5 Å². The number of nitrogens with zero attached hydrogens (tertiary/aromatic N) is 3. The van der Waals surface area contributed by atoms with E-state index >= 15 is 0 Å². The second-order valence-corrected chi connectivity index (χ2v) is 12.1. The molecule has 0 aliphatic rings. The first kappa shape index (κ1) is 29.4. The van der Waals surface area contributed by atoms with Gasteiger partial charge < -0.3 is 14.4 Å². The van der Waals surface area contributed by atoms with E-state index in [0.717, 1.165) is 66.4 Å². The van der Waals surface area contributed by atoms with Gasteiger partial charge in [0.2, 0.25) is 0 Å². The van der Waals surface area contributed by atoms with E-state index in [-0.39, 0.29) is 20.1 Å². The molecule has 0 amide bonds. The van der Waals surface area contributed by atoms with Gasteiger partial charge in [-0.15, -0.1) is 54.1 Å². The standard InChI is InChI=1S/C22H22N.C20H11N2O.Ir/c1-22(2,3)16-17-9-11-18(12-10-17)20-13-14-23-21(15-20)19-7-5-4-6-8-19;1-2-10-22-18(6-1)16-5-3-4-14-15-8-7-13-9-11-21-12-17(13)20(15)23-19(14)16;/h4-7,9-15H,16H2,1-3H3;1-4,6-12H;/q2*-1;/i16D2;;. The van der Waals surface area contributed by atoms with Crippen LogP contribution in [0, 0.1) is 17.5 Å². The van der Waals surface area contributed by atoms with Crippen LogP contribution in [0.1, 0.15) is 29.1 Å². The molecule has 233 valence electrons. The summed E-state index contributed by atoms with van der Waals surface area (Å²) in [5.41, 5.74) is 7.63. The molecule has 4 nitrogen and oxygen atoms in total. The average molecular weight is 790 g/mol. The Bertz CT molecular complexity index is 2350. The number of furan rings is 1. The van der Waals surface area contributed by atoms with E-state index in [1.165, 1.54) is 0 Å². The van der Waals surface area contributed by atoms with E-state index < -0.39 is 11.8 Å². The van der Waals surface area contributed by atoms with Crippen molar-refractivity contribution >= 4 is 32.7 Å². The van der Waals surface area contributed by atoms with E-state index in [9.17, 15) is 0 Å². The van der Waals surface area contributed by atoms with Crippen molar-refractivity contribution in [2.45, 2.75) is 27.1 Å². The topological polar surface area (TPSA) is 51.8 Å². The fraction of sp³-hybridized carbons (Fsp3) is 0.119. The molecule has 0 unspecified atom stereocenters. The predicted octanol–water partition coefficient (Wildman–Crippen LogP) is 10.8. The first-order valence-corrected chi connectivity index (χ1v) is 15.3. The van der Waals surface area contributed by atoms with Crippen LogP contribution in [0.5, 0.6) is 0 Å². The van der Waals surface area contributed by atoms with Crippen LogP contribution in [0.2, 0.25) is 0 Å². The Morgan fingerprint density at radius 3 is 2.26 bits per heavy atom. The summed E-state index contributed by atoms with van der Waals surface area (Å²) >= 11 is 0. The minimum Gasteiger partial charge on any atom is -0.500 e. The largest absolute Gasteiger partial charge is 0.500 e. The SMILES string of the molecule is [2H]C([2H])(c1ccc(-c2ccnc(-c3[c-]cccc3)c2)cc1)C(C)(C)C.[Ir].[c-]1ccc2c(oc3c4cnccc4ccc23)c1-c1ccccn1. The molecule has 8 aromatic rings. The molecule has 4 aromatic heterocycles. The molecule has 0 saturated heterocycles. The predicted molar refractivity (Wildman–Crippen MR) is 188 cm³/mol. The van der Waals surface area contributed by atoms with E-state index in [4.69, 9.17) is 7.16 Å². The van der Waals surface area contributed by atoms with Crippen molar-refractivity contribution in [3.63, 3.8) is 0 Å². The van der Waals surface area contributed by atoms with Crippen molar-refractivity contribution in [3.8, 4) is 33.6 Å². The third kappa shape index (κ3) is 7.07. The third-order valence-corrected chi connectivity index (χ3v) is 7.62. The number of hydrogen-bond donors (Lipinski definition) is 0. The van der Waals surface area contributed by atoms with Crippen LogP contribution in [0.3, 0.4) is 0 Å². The summed E-state index contributed by atoms with van der Waals surface area (Å²) in [5.74, 6) is 0. The fourth-order valence-corrected chi connectivity index (χ4v) is 5.55. The van der Waals surface area contributed by atoms with Crippen LogP contribution < -0.4 is 0 Å². The van der Waals surface area contributed by atoms with E-state index in [0.29, 0.717) is 5.56 Å². The number of rotatable bonds is 4. The summed E-state index contributed by atoms with van der Waals surface area (Å²) in [6, 6.07) is 42.0. The molecule has 0 aliphatic heterocycles. The molecule has 0 fully saturated rings. The molecule has 8 rings (SSSR count). The van der Waals surface area contributed by atoms with Gasteiger partial charge in [0.15, 0.2) is 0 Å². The van der Waals surface area contributed by atoms with E-state index in [1.54, 1.807) is 18.6 Å². The van der Waals surface area contributed by atoms with Crippen LogP contribution >= 0.6 is 0 Å². The maximum absolute atomic E-state index is 8.39. The van der Waals surface area contributed by atoms with Gasteiger partial charge in [0.25, 0.3) is 0 Å². The van der Waals surface area contributed by atoms with Crippen molar-refractivity contribution in [3.05, 3.63) is 152 Å². The second kappa shape index (κ2) is 13.8. The van der Waals surface area contributed by atoms with Crippen LogP contribution in [0.25, 0.3) is 66.4 Å². The van der Waals surface area contributed by atoms with Gasteiger partial charge in [-0.05, 0) is 63.5 Å². The van der Waals surface area contributed by atoms with Gasteiger partial charge >= 0.3 is 0 Å². The van der Waals surface area contributed by atoms with Crippen molar-refractivity contribution in [2.24, 2.45) is 5.41 Å². The Morgan fingerprint density at radius 2 is 1.49 bits per heavy atom. The number of aromatic nitrogens is 3. The monoisotopic (exact) mass is 790 g/mol. The average Bonchev–Trinajstić information content (AvgIpc) is 3.52. The Hall–Kier alpha value is -4.96. The summed E-state index contributed by atoms with van der Waals surface area (Å²) in [4.78, 5) is 13.1. The zero-order valence-electron chi connectivity index (χ0n) is 28.3. The number of pyridine rings is 3. The molecule has 47 heavy (non-hydrogen) atoms. The molecule has 0 atom stereocenters. The maximum Gasteiger partial charge on any atom is 0.130 e. The van der Waals surface area contributed by atoms with Crippen molar-refractivity contribution < 1.29 is 27.3 Å². The van der Waals surface area contributed by atoms with Gasteiger partial charge in [0.05, 0.1) is 5.58 Å². The van der Waals surface area contributed by atoms with Gasteiger partial charge in [-0.2, -0.15) is 0 Å². The van der Waals surface area contributed by atoms with Gasteiger partial charge in [0, 0.05) is 58.4 Å². The molecule has 0 aliphatic carbocycles. The molecule has 1 radical (unpaired) electrons. The van der Waals surface area contributed by atoms with E-state index in [1.807, 2.05) is 124 Å². The zero-order valence-corrected chi connectivity index (χ0v) is 28.7. The molecular weight excluding hydrogens is 755 g/mol. The first-order chi connectivity index (χ1) is 23.2. The van der Waals surface area contributed by atoms with Crippen LogP contribution in [0.15, 0.2) is 138 Å². The van der Waals surface area contributed by atoms with Gasteiger partial charge in [-0.25, -0.2) is 0 Å². The normalized spacial score (nSPS) is 12.1. The molecule has 5 heteroatoms. The molecule has 0 N–H and O–H groups in total. The van der Waals surface area contributed by atoms with Crippen molar-refractivity contribution in [1.29, 1.82) is 0 Å². The zero-order chi connectivity index (χ0) is 33.3. The number of benzene rings is 4. The van der Waals surface area contributed by atoms with Gasteiger partial charge in [0.1, 0.15) is 5.58 Å². The summed E-state index contributed by atoms with van der Waals surface area (Å²) in [5, 5.41) is 4.31. The second-order valence-electron chi connectivity index (χ2n) is 12.1. The van der Waals surface area contributed by atoms with Gasteiger partial charge in [-0.1, -0.05) is 86.3 Å². The first-order valence-electron chi connectivity index (χ1n) is 16.3. The molecule has 4 aromatic carbocycles. The molecule has 0 spiro atoms. The Balaban J connectivity index is 0.000000167. The Morgan fingerprint density at radius 1 is 0.681 bits per heavy atom. The minimum absolute atomic E-state index is 0. The summed E-state index contributed by atoms with van der Waals surface area (Å²) in [6.07, 6.45) is 5.85. The van der Waals surface area contributed by atoms with Crippen LogP contribution in [0.4, 0.5) is 0 Å². The maximum atomic E-state index is 8.39. The molecular formula is C42H33IrN3O-2. The molecule has 0 saturated carbocycles. The quantitative estimate of drug-likeness (QED) is 0.167. The summed E-state index contributed by atoms with van der Waals surface area (Å²) in [7, 11) is 0. The Labute approximate surface area is 291 Å². The smallest absolute Gasteiger partial charge is 0.130 e. The molecule has 0 bridgehead atoms. The van der Waals surface area contributed by atoms with Gasteiger partial charge in [-0.3, -0.25) is 4.98 Å². The molecule has 4 heterocycles. The third-order valence-electron chi connectivity index (χ3n) is 7.62. The minimum atomic E-state index is -1.38. The van der Waals surface area contributed by atoms with Crippen molar-refractivity contribution in [1.82, 2.24) is 15.0 Å². The van der Waals surface area contributed by atoms with Crippen molar-refractivity contribution in [2.75, 3.05) is 0 Å². The number of fused-ring (bicyclic) bond motifs is 5. The summed E-state index contributed by atoms with van der Waals surface area (Å²) < 4.78 is 23.0. The summed E-state index contributed by atoms with van der Waals surface area (Å²) in [6.45, 7) is 5.77. The number of hydrogen-bond acceptors (Lipinski definition) is 4. The fourth-order valence-electron chi connectivity index (χ4n) is 5.55. The Kier molecular flexibility index (Phi) is 8.65. The van der Waals surface area contributed by atoms with Crippen LogP contribution in [-0.4, -0.2) is 15.0 Å².